The number of rotatable bonds is 0. The molecule has 1 fully saturated rings. The van der Waals surface area contributed by atoms with E-state index in [4.69, 9.17) is 0 Å². The summed E-state index contributed by atoms with van der Waals surface area (Å²) >= 11 is 0. The highest BCUT2D eigenvalue weighted by Crippen LogP contribution is 2.44. The van der Waals surface area contributed by atoms with E-state index >= 15 is 0 Å². The summed E-state index contributed by atoms with van der Waals surface area (Å²) in [6.07, 6.45) is 3.29. The van der Waals surface area contributed by atoms with Gasteiger partial charge < -0.3 is 0 Å². The van der Waals surface area contributed by atoms with Crippen LogP contribution in [0.15, 0.2) is 11.1 Å². The number of hydrogen-bond donors (Lipinski definition) is 0. The number of hydrogen-bond acceptors (Lipinski definition) is 1. The Balaban J connectivity index is 2.36. The molecule has 0 bridgehead atoms. The highest BCUT2D eigenvalue weighted by Gasteiger charge is 2.37. The molecule has 1 saturated carbocycles. The summed E-state index contributed by atoms with van der Waals surface area (Å²) < 4.78 is 0. The molecule has 2 rings (SSSR count). The van der Waals surface area contributed by atoms with Crippen molar-refractivity contribution in [3.8, 4) is 0 Å². The summed E-state index contributed by atoms with van der Waals surface area (Å²) in [6, 6.07) is 0. The Hall–Kier alpha value is -0.590. The van der Waals surface area contributed by atoms with Gasteiger partial charge in [0.1, 0.15) is 0 Å². The van der Waals surface area contributed by atoms with Gasteiger partial charge in [-0.3, -0.25) is 4.79 Å². The van der Waals surface area contributed by atoms with E-state index in [0.717, 1.165) is 17.9 Å². The topological polar surface area (TPSA) is 17.1 Å². The summed E-state index contributed by atoms with van der Waals surface area (Å²) in [4.78, 5) is 11.3. The first-order chi connectivity index (χ1) is 5.20. The van der Waals surface area contributed by atoms with Crippen LogP contribution in [-0.4, -0.2) is 5.78 Å². The molecule has 60 valence electrons. The summed E-state index contributed by atoms with van der Waals surface area (Å²) in [6.45, 7) is 4.26. The van der Waals surface area contributed by atoms with Gasteiger partial charge in [-0.05, 0) is 37.2 Å². The van der Waals surface area contributed by atoms with Crippen LogP contribution >= 0.6 is 0 Å². The van der Waals surface area contributed by atoms with E-state index in [-0.39, 0.29) is 0 Å². The molecule has 0 unspecified atom stereocenters. The van der Waals surface area contributed by atoms with Crippen LogP contribution in [0.25, 0.3) is 0 Å². The van der Waals surface area contributed by atoms with Crippen molar-refractivity contribution in [1.29, 1.82) is 0 Å². The molecular weight excluding hydrogens is 136 g/mol. The molecule has 0 aromatic heterocycles. The summed E-state index contributed by atoms with van der Waals surface area (Å²) in [5, 5.41) is 0. The zero-order chi connectivity index (χ0) is 8.01. The fourth-order valence-electron chi connectivity index (χ4n) is 2.44. The van der Waals surface area contributed by atoms with Crippen molar-refractivity contribution in [3.05, 3.63) is 11.1 Å². The molecule has 0 amide bonds. The molecule has 2 aliphatic rings. The summed E-state index contributed by atoms with van der Waals surface area (Å²) in [5.41, 5.74) is 2.56. The predicted molar refractivity (Wildman–Crippen MR) is 44.2 cm³/mol. The van der Waals surface area contributed by atoms with Crippen molar-refractivity contribution >= 4 is 5.78 Å². The van der Waals surface area contributed by atoms with Crippen molar-refractivity contribution in [2.75, 3.05) is 0 Å². The van der Waals surface area contributed by atoms with Crippen LogP contribution in [-0.2, 0) is 4.79 Å². The molecule has 1 heteroatoms. The molecule has 0 spiro atoms. The first-order valence-electron chi connectivity index (χ1n) is 4.43. The Morgan fingerprint density at radius 1 is 1.45 bits per heavy atom. The van der Waals surface area contributed by atoms with Crippen LogP contribution in [0.1, 0.15) is 33.1 Å². The number of carbonyl (C=O) groups excluding carboxylic acids is 1. The van der Waals surface area contributed by atoms with Crippen molar-refractivity contribution in [1.82, 2.24) is 0 Å². The molecule has 11 heavy (non-hydrogen) atoms. The number of carbonyl (C=O) groups is 1. The van der Waals surface area contributed by atoms with Crippen molar-refractivity contribution in [2.24, 2.45) is 11.8 Å². The first kappa shape index (κ1) is 7.08. The second-order valence-electron chi connectivity index (χ2n) is 3.90. The van der Waals surface area contributed by atoms with Crippen LogP contribution in [0.5, 0.6) is 0 Å². The van der Waals surface area contributed by atoms with Crippen LogP contribution < -0.4 is 0 Å². The van der Waals surface area contributed by atoms with Crippen molar-refractivity contribution in [3.63, 3.8) is 0 Å². The van der Waals surface area contributed by atoms with Crippen molar-refractivity contribution < 1.29 is 4.79 Å². The molecule has 0 N–H and O–H groups in total. The van der Waals surface area contributed by atoms with Gasteiger partial charge in [-0.25, -0.2) is 0 Å². The Kier molecular flexibility index (Phi) is 1.41. The fraction of sp³-hybridized carbons (Fsp3) is 0.700. The number of ketones is 1. The lowest BCUT2D eigenvalue weighted by atomic mass is 9.96. The average Bonchev–Trinajstić information content (AvgIpc) is 2.43. The molecule has 0 radical (unpaired) electrons. The number of Topliss-reactive ketones (excluding diaryl/α,β-unsaturated/α-hetero) is 1. The van der Waals surface area contributed by atoms with E-state index in [2.05, 4.69) is 6.92 Å². The quantitative estimate of drug-likeness (QED) is 0.518. The van der Waals surface area contributed by atoms with Gasteiger partial charge in [0.25, 0.3) is 0 Å². The second-order valence-corrected chi connectivity index (χ2v) is 3.90. The monoisotopic (exact) mass is 150 g/mol. The highest BCUT2D eigenvalue weighted by molar-refractivity contribution is 5.98. The Labute approximate surface area is 67.5 Å². The molecule has 0 heterocycles. The Bertz CT molecular complexity index is 237. The third-order valence-electron chi connectivity index (χ3n) is 3.31. The third-order valence-corrected chi connectivity index (χ3v) is 3.31. The minimum atomic E-state index is 0.400. The number of allylic oxidation sites excluding steroid dienone is 2. The Morgan fingerprint density at radius 2 is 2.18 bits per heavy atom. The largest absolute Gasteiger partial charge is 0.295 e. The van der Waals surface area contributed by atoms with Gasteiger partial charge in [0.2, 0.25) is 0 Å². The molecule has 0 saturated heterocycles. The maximum atomic E-state index is 11.3. The molecule has 1 nitrogen and oxygen atoms in total. The lowest BCUT2D eigenvalue weighted by molar-refractivity contribution is -0.115. The Morgan fingerprint density at radius 3 is 2.82 bits per heavy atom. The second kappa shape index (κ2) is 2.20. The van der Waals surface area contributed by atoms with Crippen LogP contribution in [0.2, 0.25) is 0 Å². The van der Waals surface area contributed by atoms with E-state index in [1.165, 1.54) is 18.4 Å². The lowest BCUT2D eigenvalue weighted by Gasteiger charge is -2.08. The third kappa shape index (κ3) is 0.867. The van der Waals surface area contributed by atoms with Gasteiger partial charge >= 0.3 is 0 Å². The molecule has 2 aliphatic carbocycles. The standard InChI is InChI=1S/C10H14O/c1-6-3-4-8-7(2)10(11)5-9(6)8/h6,9H,3-5H2,1-2H3/t6-,9+/m0/s1. The van der Waals surface area contributed by atoms with Crippen molar-refractivity contribution in [2.45, 2.75) is 33.1 Å². The summed E-state index contributed by atoms with van der Waals surface area (Å²) in [7, 11) is 0. The normalized spacial score (nSPS) is 36.7. The first-order valence-corrected chi connectivity index (χ1v) is 4.43. The van der Waals surface area contributed by atoms with Crippen LogP contribution in [0.4, 0.5) is 0 Å². The maximum absolute atomic E-state index is 11.3. The zero-order valence-corrected chi connectivity index (χ0v) is 7.18. The maximum Gasteiger partial charge on any atom is 0.159 e. The van der Waals surface area contributed by atoms with Crippen LogP contribution in [0.3, 0.4) is 0 Å². The fourth-order valence-corrected chi connectivity index (χ4v) is 2.44. The minimum Gasteiger partial charge on any atom is -0.295 e. The minimum absolute atomic E-state index is 0.400. The van der Waals surface area contributed by atoms with E-state index in [9.17, 15) is 4.79 Å². The molecule has 0 aromatic carbocycles. The van der Waals surface area contributed by atoms with Gasteiger partial charge in [-0.2, -0.15) is 0 Å². The van der Waals surface area contributed by atoms with Crippen LogP contribution in [0, 0.1) is 11.8 Å². The van der Waals surface area contributed by atoms with E-state index in [1.54, 1.807) is 0 Å². The van der Waals surface area contributed by atoms with Gasteiger partial charge in [0.05, 0.1) is 0 Å². The van der Waals surface area contributed by atoms with Gasteiger partial charge in [0, 0.05) is 6.42 Å². The molecule has 0 aliphatic heterocycles. The molecule has 2 atom stereocenters. The smallest absolute Gasteiger partial charge is 0.159 e. The molecular formula is C10H14O. The van der Waals surface area contributed by atoms with E-state index in [1.807, 2.05) is 6.92 Å². The van der Waals surface area contributed by atoms with Gasteiger partial charge in [0.15, 0.2) is 5.78 Å². The summed E-state index contributed by atoms with van der Waals surface area (Å²) in [5.74, 6) is 1.78. The van der Waals surface area contributed by atoms with Gasteiger partial charge in [-0.1, -0.05) is 12.5 Å². The lowest BCUT2D eigenvalue weighted by Crippen LogP contribution is -2.04. The molecule has 0 aromatic rings. The highest BCUT2D eigenvalue weighted by atomic mass is 16.1. The van der Waals surface area contributed by atoms with E-state index < -0.39 is 0 Å². The zero-order valence-electron chi connectivity index (χ0n) is 7.18. The number of fused-ring (bicyclic) bond motifs is 1. The van der Waals surface area contributed by atoms with E-state index in [0.29, 0.717) is 11.7 Å². The predicted octanol–water partition coefficient (Wildman–Crippen LogP) is 2.32. The van der Waals surface area contributed by atoms with Gasteiger partial charge in [-0.15, -0.1) is 0 Å². The SMILES string of the molecule is CC1=C2CC[C@H](C)[C@H]2CC1=O. The average molecular weight is 150 g/mol.